The minimum absolute atomic E-state index is 0.117. The lowest BCUT2D eigenvalue weighted by atomic mass is 9.84. The van der Waals surface area contributed by atoms with Crippen molar-refractivity contribution < 1.29 is 28.7 Å². The minimum atomic E-state index is -1.03. The number of hydrogen-bond donors (Lipinski definition) is 2. The number of fused-ring (bicyclic) bond motifs is 6. The number of nitrogens with zero attached hydrogens (tertiary/aromatic N) is 7. The van der Waals surface area contributed by atoms with E-state index in [4.69, 9.17) is 19.4 Å². The molecule has 6 bridgehead atoms. The van der Waals surface area contributed by atoms with Crippen molar-refractivity contribution in [3.8, 4) is 22.5 Å². The SMILES string of the molecule is CCn1c(-c2cccnc2[C@H](C)OC)c2c3cc(ccc31)-c1csc(n1)C[C@H](NC(=O)[C@H](C(C)C)N(C)C(=O)N1CC(N(C)C3CC3)C1)C(=O)N1CCC[C@H](N1)C(=O)OCC(C)(C)C2. The van der Waals surface area contributed by atoms with Crippen LogP contribution >= 0.6 is 11.3 Å². The first-order valence-electron chi connectivity index (χ1n) is 22.9. The van der Waals surface area contributed by atoms with Gasteiger partial charge in [-0.05, 0) is 88.7 Å². The van der Waals surface area contributed by atoms with Crippen molar-refractivity contribution in [2.45, 2.75) is 123 Å². The molecule has 344 valence electrons. The number of pyridine rings is 1. The predicted octanol–water partition coefficient (Wildman–Crippen LogP) is 6.06. The molecule has 3 aromatic heterocycles. The Bertz CT molecular complexity index is 2380. The quantitative estimate of drug-likeness (QED) is 0.180. The number of likely N-dealkylation sites (tertiary alicyclic amines) is 1. The number of cyclic esters (lactones) is 1. The van der Waals surface area contributed by atoms with E-state index in [1.54, 1.807) is 25.3 Å². The van der Waals surface area contributed by atoms with Gasteiger partial charge in [0.25, 0.3) is 5.91 Å². The van der Waals surface area contributed by atoms with E-state index in [0.29, 0.717) is 62.5 Å². The van der Waals surface area contributed by atoms with Gasteiger partial charge in [-0.15, -0.1) is 11.3 Å². The van der Waals surface area contributed by atoms with Gasteiger partial charge in [0.2, 0.25) is 5.91 Å². The molecule has 3 fully saturated rings. The number of benzene rings is 1. The Morgan fingerprint density at radius 2 is 1.86 bits per heavy atom. The zero-order valence-corrected chi connectivity index (χ0v) is 39.7. The van der Waals surface area contributed by atoms with Crippen LogP contribution in [0.3, 0.4) is 0 Å². The fraction of sp³-hybridized carbons (Fsp3) is 0.583. The number of urea groups is 1. The van der Waals surface area contributed by atoms with Gasteiger partial charge < -0.3 is 29.2 Å². The number of methoxy groups -OCH3 is 1. The summed E-state index contributed by atoms with van der Waals surface area (Å²) in [6.45, 7) is 14.6. The van der Waals surface area contributed by atoms with Gasteiger partial charge >= 0.3 is 12.0 Å². The lowest BCUT2D eigenvalue weighted by Crippen LogP contribution is -2.65. The molecule has 4 atom stereocenters. The molecule has 1 aliphatic carbocycles. The van der Waals surface area contributed by atoms with Gasteiger partial charge in [0.1, 0.15) is 18.1 Å². The minimum Gasteiger partial charge on any atom is -0.464 e. The molecular formula is C48H65N9O6S. The van der Waals surface area contributed by atoms with Gasteiger partial charge in [0.05, 0.1) is 34.8 Å². The molecule has 16 heteroatoms. The van der Waals surface area contributed by atoms with Crippen LogP contribution in [0.5, 0.6) is 0 Å². The van der Waals surface area contributed by atoms with Crippen LogP contribution in [0.25, 0.3) is 33.4 Å². The summed E-state index contributed by atoms with van der Waals surface area (Å²) in [5.41, 5.74) is 9.43. The van der Waals surface area contributed by atoms with Gasteiger partial charge in [-0.25, -0.2) is 15.2 Å². The van der Waals surface area contributed by atoms with Gasteiger partial charge in [-0.1, -0.05) is 33.8 Å². The zero-order chi connectivity index (χ0) is 45.6. The number of carbonyl (C=O) groups is 4. The number of ether oxygens (including phenoxy) is 2. The number of nitrogens with one attached hydrogen (secondary N) is 2. The average Bonchev–Trinajstić information content (AvgIpc) is 3.95. The van der Waals surface area contributed by atoms with E-state index < -0.39 is 35.4 Å². The van der Waals surface area contributed by atoms with E-state index in [1.807, 2.05) is 32.2 Å². The number of rotatable bonds is 10. The zero-order valence-electron chi connectivity index (χ0n) is 38.8. The third-order valence-electron chi connectivity index (χ3n) is 13.6. The number of hydrogen-bond acceptors (Lipinski definition) is 11. The second-order valence-electron chi connectivity index (χ2n) is 19.3. The largest absolute Gasteiger partial charge is 0.464 e. The number of esters is 1. The summed E-state index contributed by atoms with van der Waals surface area (Å²) in [5, 5.41) is 8.25. The van der Waals surface area contributed by atoms with Crippen LogP contribution in [0.15, 0.2) is 41.9 Å². The number of aromatic nitrogens is 3. The molecule has 2 saturated heterocycles. The molecule has 4 amide bonds. The predicted molar refractivity (Wildman–Crippen MR) is 247 cm³/mol. The molecule has 2 N–H and O–H groups in total. The Labute approximate surface area is 380 Å². The first-order valence-corrected chi connectivity index (χ1v) is 23.8. The molecule has 4 aliphatic rings. The monoisotopic (exact) mass is 895 g/mol. The van der Waals surface area contributed by atoms with Crippen molar-refractivity contribution in [1.82, 2.24) is 45.0 Å². The van der Waals surface area contributed by atoms with Crippen LogP contribution in [0.1, 0.15) is 89.6 Å². The Morgan fingerprint density at radius 3 is 2.56 bits per heavy atom. The molecule has 0 spiro atoms. The summed E-state index contributed by atoms with van der Waals surface area (Å²) < 4.78 is 14.3. The number of thiazole rings is 1. The second kappa shape index (κ2) is 18.5. The Kier molecular flexibility index (Phi) is 13.2. The highest BCUT2D eigenvalue weighted by atomic mass is 32.1. The highest BCUT2D eigenvalue weighted by molar-refractivity contribution is 7.10. The van der Waals surface area contributed by atoms with Gasteiger partial charge in [0, 0.05) is 97.9 Å². The summed E-state index contributed by atoms with van der Waals surface area (Å²) in [4.78, 5) is 72.3. The lowest BCUT2D eigenvalue weighted by Gasteiger charge is -2.46. The van der Waals surface area contributed by atoms with Gasteiger partial charge in [0.15, 0.2) is 0 Å². The molecule has 0 unspecified atom stereocenters. The molecule has 8 rings (SSSR count). The third-order valence-corrected chi connectivity index (χ3v) is 14.5. The molecule has 1 aromatic carbocycles. The molecule has 15 nitrogen and oxygen atoms in total. The Morgan fingerprint density at radius 1 is 1.09 bits per heavy atom. The number of carbonyl (C=O) groups excluding carboxylic acids is 4. The van der Waals surface area contributed by atoms with Crippen molar-refractivity contribution in [3.63, 3.8) is 0 Å². The van der Waals surface area contributed by atoms with Crippen molar-refractivity contribution >= 4 is 46.1 Å². The average molecular weight is 896 g/mol. The molecule has 64 heavy (non-hydrogen) atoms. The fourth-order valence-corrected chi connectivity index (χ4v) is 10.6. The summed E-state index contributed by atoms with van der Waals surface area (Å²) >= 11 is 1.44. The maximum absolute atomic E-state index is 14.6. The van der Waals surface area contributed by atoms with Crippen LogP contribution in [0.2, 0.25) is 0 Å². The van der Waals surface area contributed by atoms with E-state index >= 15 is 0 Å². The Hall–Kier alpha value is -4.90. The summed E-state index contributed by atoms with van der Waals surface area (Å²) in [7, 11) is 5.49. The second-order valence-corrected chi connectivity index (χ2v) is 20.3. The molecular weight excluding hydrogens is 831 g/mol. The smallest absolute Gasteiger partial charge is 0.324 e. The number of hydrazine groups is 1. The van der Waals surface area contributed by atoms with Crippen LogP contribution in [0, 0.1) is 11.3 Å². The van der Waals surface area contributed by atoms with Crippen LogP contribution in [-0.2, 0) is 43.2 Å². The van der Waals surface area contributed by atoms with E-state index in [2.05, 4.69) is 72.3 Å². The van der Waals surface area contributed by atoms with Gasteiger partial charge in [-0.2, -0.15) is 0 Å². The van der Waals surface area contributed by atoms with Crippen molar-refractivity contribution in [3.05, 3.63) is 58.2 Å². The summed E-state index contributed by atoms with van der Waals surface area (Å²) in [6.07, 6.45) is 5.72. The first kappa shape index (κ1) is 45.7. The first-order chi connectivity index (χ1) is 30.6. The van der Waals surface area contributed by atoms with Crippen LogP contribution in [-0.4, -0.2) is 136 Å². The van der Waals surface area contributed by atoms with E-state index in [0.717, 1.165) is 44.7 Å². The van der Waals surface area contributed by atoms with Crippen molar-refractivity contribution in [2.75, 3.05) is 47.4 Å². The maximum Gasteiger partial charge on any atom is 0.324 e. The normalized spacial score (nSPS) is 21.7. The van der Waals surface area contributed by atoms with Crippen molar-refractivity contribution in [2.24, 2.45) is 11.3 Å². The van der Waals surface area contributed by atoms with Crippen LogP contribution in [0.4, 0.5) is 4.79 Å². The van der Waals surface area contributed by atoms with E-state index in [-0.39, 0.29) is 37.0 Å². The standard InChI is InChI=1S/C48H65N9O6S/c1-10-56-39-18-15-30-21-34(39)35(43(56)33-13-11-19-49-41(33)29(4)62-9)23-48(5,6)27-63-46(60)36-14-12-20-57(52-36)45(59)37(22-40-50-38(30)26-64-40)51-44(58)42(28(2)3)54(8)47(61)55-24-32(25-55)53(7)31-16-17-31/h11,13,15,18-19,21,26,28-29,31-32,36-37,42,52H,10,12,14,16-17,20,22-25,27H2,1-9H3,(H,51,58)/t29-,36-,37-,42-/m0/s1. The number of aryl methyl sites for hydroxylation is 1. The topological polar surface area (TPSA) is 154 Å². The lowest BCUT2D eigenvalue weighted by molar-refractivity contribution is -0.155. The molecule has 6 heterocycles. The van der Waals surface area contributed by atoms with E-state index in [1.165, 1.54) is 34.1 Å². The third kappa shape index (κ3) is 9.16. The fourth-order valence-electron chi connectivity index (χ4n) is 9.74. The molecule has 4 aromatic rings. The van der Waals surface area contributed by atoms with Gasteiger partial charge in [-0.3, -0.25) is 29.3 Å². The maximum atomic E-state index is 14.6. The van der Waals surface area contributed by atoms with Crippen molar-refractivity contribution in [1.29, 1.82) is 0 Å². The summed E-state index contributed by atoms with van der Waals surface area (Å²) in [5.74, 6) is -1.48. The summed E-state index contributed by atoms with van der Waals surface area (Å²) in [6, 6.07) is 8.57. The molecule has 3 aliphatic heterocycles. The Balaban J connectivity index is 1.14. The van der Waals surface area contributed by atoms with E-state index in [9.17, 15) is 19.2 Å². The number of amides is 4. The molecule has 1 saturated carbocycles. The highest BCUT2D eigenvalue weighted by Gasteiger charge is 2.43. The number of likely N-dealkylation sites (N-methyl/N-ethyl adjacent to an activating group) is 2. The highest BCUT2D eigenvalue weighted by Crippen LogP contribution is 2.42. The molecule has 0 radical (unpaired) electrons. The van der Waals surface area contributed by atoms with Crippen LogP contribution < -0.4 is 10.7 Å².